The number of aliphatic hydroxyl groups is 1. The lowest BCUT2D eigenvalue weighted by molar-refractivity contribution is -0.146. The monoisotopic (exact) mass is 194 g/mol. The summed E-state index contributed by atoms with van der Waals surface area (Å²) in [7, 11) is 0. The lowest BCUT2D eigenvalue weighted by atomic mass is 10.0. The lowest BCUT2D eigenvalue weighted by Gasteiger charge is -2.06. The number of aliphatic hydroxyl groups excluding tert-OH is 1. The van der Waals surface area contributed by atoms with Crippen molar-refractivity contribution >= 4 is 11.8 Å². The van der Waals surface area contributed by atoms with Crippen molar-refractivity contribution in [3.05, 3.63) is 35.4 Å². The van der Waals surface area contributed by atoms with E-state index in [9.17, 15) is 14.7 Å². The van der Waals surface area contributed by atoms with Gasteiger partial charge in [-0.2, -0.15) is 0 Å². The molecule has 74 valence electrons. The third-order valence-electron chi connectivity index (χ3n) is 1.84. The van der Waals surface area contributed by atoms with E-state index in [0.717, 1.165) is 0 Å². The van der Waals surface area contributed by atoms with Gasteiger partial charge in [0.2, 0.25) is 0 Å². The van der Waals surface area contributed by atoms with Crippen LogP contribution >= 0.6 is 0 Å². The number of carbonyl (C=O) groups excluding carboxylic acids is 1. The molecular weight excluding hydrogens is 184 g/mol. The molecule has 0 fully saturated rings. The summed E-state index contributed by atoms with van der Waals surface area (Å²) >= 11 is 0. The van der Waals surface area contributed by atoms with Crippen molar-refractivity contribution in [1.82, 2.24) is 0 Å². The van der Waals surface area contributed by atoms with Gasteiger partial charge in [0.05, 0.1) is 0 Å². The quantitative estimate of drug-likeness (QED) is 0.704. The third kappa shape index (κ3) is 2.17. The first-order chi connectivity index (χ1) is 6.52. The Morgan fingerprint density at radius 3 is 2.50 bits per heavy atom. The second-order valence-electron chi connectivity index (χ2n) is 2.92. The van der Waals surface area contributed by atoms with Crippen LogP contribution in [-0.2, 0) is 4.79 Å². The Balaban J connectivity index is 3.05. The number of aliphatic carboxylic acids is 1. The molecule has 1 aromatic rings. The van der Waals surface area contributed by atoms with Gasteiger partial charge < -0.3 is 10.2 Å². The molecule has 2 N–H and O–H groups in total. The fraction of sp³-hybridized carbons (Fsp3) is 0.200. The maximum absolute atomic E-state index is 11.0. The average molecular weight is 194 g/mol. The van der Waals surface area contributed by atoms with Crippen LogP contribution in [0.5, 0.6) is 0 Å². The molecule has 0 bridgehead atoms. The summed E-state index contributed by atoms with van der Waals surface area (Å²) in [5.41, 5.74) is 0.605. The zero-order valence-electron chi connectivity index (χ0n) is 7.60. The molecule has 14 heavy (non-hydrogen) atoms. The first-order valence-electron chi connectivity index (χ1n) is 4.04. The minimum Gasteiger partial charge on any atom is -0.479 e. The number of carboxylic acid groups (broad SMARTS) is 1. The van der Waals surface area contributed by atoms with Gasteiger partial charge in [0, 0.05) is 5.56 Å². The van der Waals surface area contributed by atoms with Gasteiger partial charge in [-0.05, 0) is 18.6 Å². The topological polar surface area (TPSA) is 74.6 Å². The van der Waals surface area contributed by atoms with E-state index in [1.165, 1.54) is 25.1 Å². The first-order valence-corrected chi connectivity index (χ1v) is 4.04. The van der Waals surface area contributed by atoms with Crippen LogP contribution in [0.25, 0.3) is 0 Å². The molecule has 0 saturated heterocycles. The number of rotatable bonds is 3. The van der Waals surface area contributed by atoms with Gasteiger partial charge in [0.25, 0.3) is 0 Å². The van der Waals surface area contributed by atoms with Crippen LogP contribution < -0.4 is 0 Å². The minimum absolute atomic E-state index is 0.163. The van der Waals surface area contributed by atoms with Gasteiger partial charge in [-0.25, -0.2) is 4.79 Å². The lowest BCUT2D eigenvalue weighted by Crippen LogP contribution is -2.10. The van der Waals surface area contributed by atoms with E-state index in [1.807, 2.05) is 0 Å². The van der Waals surface area contributed by atoms with Crippen LogP contribution in [0.1, 0.15) is 28.9 Å². The van der Waals surface area contributed by atoms with Crippen LogP contribution in [0, 0.1) is 0 Å². The number of hydrogen-bond acceptors (Lipinski definition) is 3. The molecule has 1 aromatic carbocycles. The molecule has 0 spiro atoms. The predicted octanol–water partition coefficient (Wildman–Crippen LogP) is 1.01. The second kappa shape index (κ2) is 4.02. The highest BCUT2D eigenvalue weighted by molar-refractivity contribution is 5.94. The third-order valence-corrected chi connectivity index (χ3v) is 1.84. The average Bonchev–Trinajstić information content (AvgIpc) is 2.16. The van der Waals surface area contributed by atoms with Crippen LogP contribution in [0.4, 0.5) is 0 Å². The fourth-order valence-corrected chi connectivity index (χ4v) is 1.07. The maximum Gasteiger partial charge on any atom is 0.337 e. The van der Waals surface area contributed by atoms with Crippen molar-refractivity contribution in [3.63, 3.8) is 0 Å². The number of carbonyl (C=O) groups is 2. The van der Waals surface area contributed by atoms with E-state index in [2.05, 4.69) is 0 Å². The van der Waals surface area contributed by atoms with Crippen molar-refractivity contribution in [2.24, 2.45) is 0 Å². The van der Waals surface area contributed by atoms with Gasteiger partial charge in [-0.1, -0.05) is 18.2 Å². The summed E-state index contributed by atoms with van der Waals surface area (Å²) in [4.78, 5) is 21.4. The van der Waals surface area contributed by atoms with Crippen LogP contribution in [-0.4, -0.2) is 22.0 Å². The molecule has 1 atom stereocenters. The maximum atomic E-state index is 11.0. The van der Waals surface area contributed by atoms with Crippen LogP contribution in [0.3, 0.4) is 0 Å². The van der Waals surface area contributed by atoms with Gasteiger partial charge in [0.1, 0.15) is 0 Å². The number of benzene rings is 1. The number of Topliss-reactive ketones (excluding diaryl/α,β-unsaturated/α-hetero) is 1. The normalized spacial score (nSPS) is 12.1. The molecule has 0 heterocycles. The van der Waals surface area contributed by atoms with E-state index in [4.69, 9.17) is 5.11 Å². The molecule has 0 unspecified atom stereocenters. The Morgan fingerprint density at radius 2 is 2.00 bits per heavy atom. The second-order valence-corrected chi connectivity index (χ2v) is 2.92. The van der Waals surface area contributed by atoms with Crippen molar-refractivity contribution in [3.8, 4) is 0 Å². The van der Waals surface area contributed by atoms with Crippen LogP contribution in [0.15, 0.2) is 24.3 Å². The van der Waals surface area contributed by atoms with Crippen molar-refractivity contribution < 1.29 is 19.8 Å². The van der Waals surface area contributed by atoms with Crippen molar-refractivity contribution in [2.45, 2.75) is 13.0 Å². The molecular formula is C10H10O4. The summed E-state index contributed by atoms with van der Waals surface area (Å²) in [5, 5.41) is 17.7. The molecule has 0 saturated carbocycles. The minimum atomic E-state index is -1.57. The van der Waals surface area contributed by atoms with Gasteiger partial charge >= 0.3 is 5.97 Å². The SMILES string of the molecule is CC(=O)c1cccc([C@H](O)C(=O)O)c1. The standard InChI is InChI=1S/C10H10O4/c1-6(11)7-3-2-4-8(5-7)9(12)10(13)14/h2-5,9,12H,1H3,(H,13,14)/t9-/m0/s1. The Morgan fingerprint density at radius 1 is 1.36 bits per heavy atom. The van der Waals surface area contributed by atoms with Crippen molar-refractivity contribution in [1.29, 1.82) is 0 Å². The van der Waals surface area contributed by atoms with E-state index in [0.29, 0.717) is 5.56 Å². The highest BCUT2D eigenvalue weighted by Crippen LogP contribution is 2.14. The molecule has 0 amide bonds. The predicted molar refractivity (Wildman–Crippen MR) is 49.0 cm³/mol. The van der Waals surface area contributed by atoms with Gasteiger partial charge in [-0.15, -0.1) is 0 Å². The number of carboxylic acids is 1. The van der Waals surface area contributed by atoms with Crippen LogP contribution in [0.2, 0.25) is 0 Å². The fourth-order valence-electron chi connectivity index (χ4n) is 1.07. The Kier molecular flexibility index (Phi) is 2.99. The number of hydrogen-bond donors (Lipinski definition) is 2. The summed E-state index contributed by atoms with van der Waals surface area (Å²) in [6, 6.07) is 5.95. The van der Waals surface area contributed by atoms with E-state index in [1.54, 1.807) is 6.07 Å². The Hall–Kier alpha value is -1.68. The first kappa shape index (κ1) is 10.4. The van der Waals surface area contributed by atoms with E-state index in [-0.39, 0.29) is 11.3 Å². The molecule has 1 rings (SSSR count). The number of ketones is 1. The smallest absolute Gasteiger partial charge is 0.337 e. The Labute approximate surface area is 80.8 Å². The van der Waals surface area contributed by atoms with Gasteiger partial charge in [0.15, 0.2) is 11.9 Å². The molecule has 4 nitrogen and oxygen atoms in total. The highest BCUT2D eigenvalue weighted by atomic mass is 16.4. The van der Waals surface area contributed by atoms with E-state index >= 15 is 0 Å². The summed E-state index contributed by atoms with van der Waals surface area (Å²) in [6.07, 6.45) is -1.57. The summed E-state index contributed by atoms with van der Waals surface area (Å²) < 4.78 is 0. The Bertz CT molecular complexity index is 370. The molecule has 0 aliphatic rings. The summed E-state index contributed by atoms with van der Waals surface area (Å²) in [6.45, 7) is 1.38. The molecule has 0 aliphatic heterocycles. The largest absolute Gasteiger partial charge is 0.479 e. The molecule has 0 aromatic heterocycles. The molecule has 0 radical (unpaired) electrons. The zero-order valence-corrected chi connectivity index (χ0v) is 7.60. The molecule has 4 heteroatoms. The van der Waals surface area contributed by atoms with Crippen molar-refractivity contribution in [2.75, 3.05) is 0 Å². The van der Waals surface area contributed by atoms with E-state index < -0.39 is 12.1 Å². The summed E-state index contributed by atoms with van der Waals surface area (Å²) in [5.74, 6) is -1.49. The molecule has 0 aliphatic carbocycles. The zero-order chi connectivity index (χ0) is 10.7. The highest BCUT2D eigenvalue weighted by Gasteiger charge is 2.16. The van der Waals surface area contributed by atoms with Gasteiger partial charge in [-0.3, -0.25) is 4.79 Å².